The summed E-state index contributed by atoms with van der Waals surface area (Å²) in [5.41, 5.74) is 12.4. The van der Waals surface area contributed by atoms with E-state index < -0.39 is 0 Å². The van der Waals surface area contributed by atoms with Crippen molar-refractivity contribution in [3.63, 3.8) is 0 Å². The van der Waals surface area contributed by atoms with Crippen LogP contribution >= 0.6 is 0 Å². The van der Waals surface area contributed by atoms with Gasteiger partial charge in [-0.15, -0.1) is 0 Å². The highest BCUT2D eigenvalue weighted by atomic mass is 16.3. The molecule has 0 aliphatic heterocycles. The van der Waals surface area contributed by atoms with E-state index in [9.17, 15) is 0 Å². The molecule has 4 nitrogen and oxygen atoms in total. The second kappa shape index (κ2) is 10.3. The Bertz CT molecular complexity index is 3400. The van der Waals surface area contributed by atoms with Crippen molar-refractivity contribution >= 4 is 87.5 Å². The van der Waals surface area contributed by atoms with E-state index in [2.05, 4.69) is 167 Å². The molecular weight excluding hydrogens is 637 g/mol. The van der Waals surface area contributed by atoms with Gasteiger partial charge in [-0.05, 0) is 66.2 Å². The third-order valence-corrected chi connectivity index (χ3v) is 10.9. The van der Waals surface area contributed by atoms with Gasteiger partial charge in [0.1, 0.15) is 22.3 Å². The van der Waals surface area contributed by atoms with Gasteiger partial charge in [0.05, 0.1) is 27.5 Å². The van der Waals surface area contributed by atoms with Crippen LogP contribution in [0, 0.1) is 0 Å². The van der Waals surface area contributed by atoms with Crippen molar-refractivity contribution in [1.82, 2.24) is 9.13 Å². The predicted octanol–water partition coefficient (Wildman–Crippen LogP) is 13.3. The number of rotatable bonds is 3. The predicted molar refractivity (Wildman–Crippen MR) is 215 cm³/mol. The van der Waals surface area contributed by atoms with E-state index in [4.69, 9.17) is 8.83 Å². The summed E-state index contributed by atoms with van der Waals surface area (Å²) in [5.74, 6) is 0. The van der Waals surface area contributed by atoms with E-state index in [0.717, 1.165) is 99.2 Å². The molecule has 4 aromatic heterocycles. The molecule has 0 saturated heterocycles. The van der Waals surface area contributed by atoms with E-state index in [0.29, 0.717) is 0 Å². The standard InChI is InChI=1S/C48H28N2O2/c1-3-14-29(15-4-1)49-38-23-10-7-20-36(38)43-40(49)28-37(34-22-13-21-33-31-18-8-11-24-41(31)51-47(33)34)44-45-39(50(46(43)44)30-16-5-2-6-17-30)27-26-35-32-19-9-12-25-42(32)52-48(35)45/h1-28H. The fourth-order valence-electron chi connectivity index (χ4n) is 8.78. The second-order valence-electron chi connectivity index (χ2n) is 13.6. The summed E-state index contributed by atoms with van der Waals surface area (Å²) in [7, 11) is 0. The molecule has 52 heavy (non-hydrogen) atoms. The van der Waals surface area contributed by atoms with Gasteiger partial charge >= 0.3 is 0 Å². The summed E-state index contributed by atoms with van der Waals surface area (Å²) >= 11 is 0. The maximum atomic E-state index is 6.88. The molecular formula is C48H28N2O2. The van der Waals surface area contributed by atoms with Crippen LogP contribution in [0.25, 0.3) is 110 Å². The van der Waals surface area contributed by atoms with Crippen molar-refractivity contribution in [3.8, 4) is 22.5 Å². The lowest BCUT2D eigenvalue weighted by Crippen LogP contribution is -1.96. The molecule has 0 spiro atoms. The highest BCUT2D eigenvalue weighted by Gasteiger charge is 2.27. The Labute approximate surface area is 296 Å². The van der Waals surface area contributed by atoms with Gasteiger partial charge in [-0.25, -0.2) is 0 Å². The first-order valence-electron chi connectivity index (χ1n) is 17.7. The normalized spacial score (nSPS) is 12.2. The van der Waals surface area contributed by atoms with Crippen LogP contribution in [0.2, 0.25) is 0 Å². The molecule has 0 amide bonds. The molecule has 0 saturated carbocycles. The van der Waals surface area contributed by atoms with Crippen LogP contribution in [0.1, 0.15) is 0 Å². The second-order valence-corrected chi connectivity index (χ2v) is 13.6. The molecule has 0 radical (unpaired) electrons. The first-order chi connectivity index (χ1) is 25.8. The smallest absolute Gasteiger partial charge is 0.145 e. The van der Waals surface area contributed by atoms with Gasteiger partial charge in [0.2, 0.25) is 0 Å². The number of hydrogen-bond acceptors (Lipinski definition) is 2. The van der Waals surface area contributed by atoms with Crippen LogP contribution < -0.4 is 0 Å². The van der Waals surface area contributed by atoms with Crippen molar-refractivity contribution in [1.29, 1.82) is 0 Å². The molecule has 0 N–H and O–H groups in total. The first-order valence-corrected chi connectivity index (χ1v) is 17.7. The molecule has 12 aromatic rings. The zero-order valence-electron chi connectivity index (χ0n) is 27.9. The molecule has 0 fully saturated rings. The third-order valence-electron chi connectivity index (χ3n) is 10.9. The maximum absolute atomic E-state index is 6.88. The van der Waals surface area contributed by atoms with E-state index in [1.165, 1.54) is 10.8 Å². The Balaban J connectivity index is 1.40. The Morgan fingerprint density at radius 2 is 0.904 bits per heavy atom. The Hall–Kier alpha value is -7.04. The molecule has 4 heteroatoms. The van der Waals surface area contributed by atoms with E-state index in [1.807, 2.05) is 12.1 Å². The first kappa shape index (κ1) is 27.7. The van der Waals surface area contributed by atoms with E-state index in [-0.39, 0.29) is 0 Å². The molecule has 242 valence electrons. The van der Waals surface area contributed by atoms with Crippen LogP contribution in [0.15, 0.2) is 179 Å². The largest absolute Gasteiger partial charge is 0.455 e. The number of hydrogen-bond donors (Lipinski definition) is 0. The van der Waals surface area contributed by atoms with Gasteiger partial charge in [0, 0.05) is 54.6 Å². The number of nitrogens with zero attached hydrogens (tertiary/aromatic N) is 2. The molecule has 12 rings (SSSR count). The maximum Gasteiger partial charge on any atom is 0.145 e. The lowest BCUT2D eigenvalue weighted by molar-refractivity contribution is 0.670. The highest BCUT2D eigenvalue weighted by molar-refractivity contribution is 6.35. The highest BCUT2D eigenvalue weighted by Crippen LogP contribution is 2.50. The van der Waals surface area contributed by atoms with Gasteiger partial charge in [-0.2, -0.15) is 0 Å². The Morgan fingerprint density at radius 3 is 1.63 bits per heavy atom. The zero-order chi connectivity index (χ0) is 33.9. The quantitative estimate of drug-likeness (QED) is 0.188. The third kappa shape index (κ3) is 3.60. The van der Waals surface area contributed by atoms with Crippen LogP contribution in [0.3, 0.4) is 0 Å². The summed E-state index contributed by atoms with van der Waals surface area (Å²) in [6, 6.07) is 60.4. The fraction of sp³-hybridized carbons (Fsp3) is 0. The number of para-hydroxylation sites is 6. The summed E-state index contributed by atoms with van der Waals surface area (Å²) in [6.45, 7) is 0. The van der Waals surface area contributed by atoms with Crippen molar-refractivity contribution < 1.29 is 8.83 Å². The van der Waals surface area contributed by atoms with Gasteiger partial charge in [-0.3, -0.25) is 0 Å². The molecule has 0 bridgehead atoms. The van der Waals surface area contributed by atoms with Crippen LogP contribution in [-0.2, 0) is 0 Å². The number of fused-ring (bicyclic) bond motifs is 14. The molecule has 0 atom stereocenters. The van der Waals surface area contributed by atoms with E-state index >= 15 is 0 Å². The topological polar surface area (TPSA) is 36.1 Å². The number of benzene rings is 8. The summed E-state index contributed by atoms with van der Waals surface area (Å²) in [6.07, 6.45) is 0. The minimum atomic E-state index is 0.879. The van der Waals surface area contributed by atoms with Crippen molar-refractivity contribution in [2.75, 3.05) is 0 Å². The van der Waals surface area contributed by atoms with Gasteiger partial charge in [-0.1, -0.05) is 109 Å². The summed E-state index contributed by atoms with van der Waals surface area (Å²) in [5, 5.41) is 9.05. The minimum Gasteiger partial charge on any atom is -0.455 e. The molecule has 4 heterocycles. The van der Waals surface area contributed by atoms with Gasteiger partial charge < -0.3 is 18.0 Å². The number of furan rings is 2. The van der Waals surface area contributed by atoms with Crippen LogP contribution in [-0.4, -0.2) is 9.13 Å². The SMILES string of the molecule is c1ccc(-n2c3ccccc3c3c2cc(-c2cccc4c2oc2ccccc24)c2c4c5oc6ccccc6c5ccc4n(-c4ccccc4)c23)cc1. The minimum absolute atomic E-state index is 0.879. The van der Waals surface area contributed by atoms with Crippen molar-refractivity contribution in [3.05, 3.63) is 170 Å². The van der Waals surface area contributed by atoms with E-state index in [1.54, 1.807) is 0 Å². The van der Waals surface area contributed by atoms with Crippen LogP contribution in [0.5, 0.6) is 0 Å². The Kier molecular flexibility index (Phi) is 5.47. The van der Waals surface area contributed by atoms with Crippen LogP contribution in [0.4, 0.5) is 0 Å². The molecule has 0 aliphatic carbocycles. The average molecular weight is 665 g/mol. The lowest BCUT2D eigenvalue weighted by atomic mass is 9.94. The van der Waals surface area contributed by atoms with Gasteiger partial charge in [0.25, 0.3) is 0 Å². The van der Waals surface area contributed by atoms with Crippen molar-refractivity contribution in [2.24, 2.45) is 0 Å². The fourth-order valence-corrected chi connectivity index (χ4v) is 8.78. The molecule has 0 unspecified atom stereocenters. The molecule has 8 aromatic carbocycles. The monoisotopic (exact) mass is 664 g/mol. The molecule has 0 aliphatic rings. The van der Waals surface area contributed by atoms with Crippen molar-refractivity contribution in [2.45, 2.75) is 0 Å². The Morgan fingerprint density at radius 1 is 0.327 bits per heavy atom. The summed E-state index contributed by atoms with van der Waals surface area (Å²) < 4.78 is 18.5. The summed E-state index contributed by atoms with van der Waals surface area (Å²) in [4.78, 5) is 0. The lowest BCUT2D eigenvalue weighted by Gasteiger charge is -2.13. The number of aromatic nitrogens is 2. The zero-order valence-corrected chi connectivity index (χ0v) is 27.9. The average Bonchev–Trinajstić information content (AvgIpc) is 3.95. The van der Waals surface area contributed by atoms with Gasteiger partial charge in [0.15, 0.2) is 0 Å².